The molecule has 1 N–H and O–H groups in total. The van der Waals surface area contributed by atoms with Crippen LogP contribution in [0.4, 0.5) is 5.69 Å². The topological polar surface area (TPSA) is 88.5 Å². The summed E-state index contributed by atoms with van der Waals surface area (Å²) in [6.45, 7) is 8.81. The van der Waals surface area contributed by atoms with Crippen molar-refractivity contribution in [3.05, 3.63) is 35.9 Å². The molecule has 3 aliphatic heterocycles. The molecule has 5 rings (SSSR count). The summed E-state index contributed by atoms with van der Waals surface area (Å²) in [5, 5.41) is 12.9. The Morgan fingerprint density at radius 2 is 2.00 bits per heavy atom. The Morgan fingerprint density at radius 3 is 2.65 bits per heavy atom. The van der Waals surface area contributed by atoms with Crippen LogP contribution in [0.25, 0.3) is 0 Å². The molecular weight excluding hydrogens is 472 g/mol. The van der Waals surface area contributed by atoms with Gasteiger partial charge in [-0.05, 0) is 36.9 Å². The van der Waals surface area contributed by atoms with Crippen molar-refractivity contribution < 1.29 is 28.9 Å². The SMILES string of the molecule is CC[C@]12C=CCN3CC[C@@]4(c5ccc(OC)cc5N(C)[C@H]4C(O)(COC(=O)CC(C)C)[C@@H]1OC(C)=O)C32. The van der Waals surface area contributed by atoms with Crippen LogP contribution >= 0.6 is 0 Å². The number of rotatable bonds is 7. The summed E-state index contributed by atoms with van der Waals surface area (Å²) in [6, 6.07) is 5.67. The van der Waals surface area contributed by atoms with Gasteiger partial charge in [0, 0.05) is 55.6 Å². The monoisotopic (exact) mass is 512 g/mol. The van der Waals surface area contributed by atoms with E-state index >= 15 is 0 Å². The molecule has 1 aromatic carbocycles. The fraction of sp³-hybridized carbons (Fsp3) is 0.655. The third-order valence-electron chi connectivity index (χ3n) is 9.26. The van der Waals surface area contributed by atoms with E-state index in [1.54, 1.807) is 7.11 Å². The predicted octanol–water partition coefficient (Wildman–Crippen LogP) is 3.06. The van der Waals surface area contributed by atoms with Crippen molar-refractivity contribution in [3.63, 3.8) is 0 Å². The number of anilines is 1. The smallest absolute Gasteiger partial charge is 0.306 e. The Bertz CT molecular complexity index is 1120. The molecule has 6 atom stereocenters. The molecule has 0 radical (unpaired) electrons. The number of nitrogens with zero attached hydrogens (tertiary/aromatic N) is 2. The first kappa shape index (κ1) is 26.0. The largest absolute Gasteiger partial charge is 0.497 e. The highest BCUT2D eigenvalue weighted by atomic mass is 16.6. The fourth-order valence-corrected chi connectivity index (χ4v) is 8.20. The normalized spacial score (nSPS) is 35.7. The lowest BCUT2D eigenvalue weighted by atomic mass is 9.48. The molecule has 1 aliphatic carbocycles. The maximum absolute atomic E-state index is 12.9. The molecule has 2 unspecified atom stereocenters. The van der Waals surface area contributed by atoms with Crippen LogP contribution in [0.15, 0.2) is 30.4 Å². The zero-order chi connectivity index (χ0) is 26.8. The molecule has 0 bridgehead atoms. The highest BCUT2D eigenvalue weighted by Gasteiger charge is 2.78. The average molecular weight is 513 g/mol. The lowest BCUT2D eigenvalue weighted by Gasteiger charge is -2.64. The first-order valence-electron chi connectivity index (χ1n) is 13.4. The van der Waals surface area contributed by atoms with Crippen LogP contribution in [0.5, 0.6) is 5.75 Å². The van der Waals surface area contributed by atoms with Crippen molar-refractivity contribution in [2.24, 2.45) is 11.3 Å². The van der Waals surface area contributed by atoms with Gasteiger partial charge in [0.25, 0.3) is 0 Å². The number of hydrogen-bond acceptors (Lipinski definition) is 8. The summed E-state index contributed by atoms with van der Waals surface area (Å²) >= 11 is 0. The lowest BCUT2D eigenvalue weighted by molar-refractivity contribution is -0.232. The van der Waals surface area contributed by atoms with Gasteiger partial charge in [-0.2, -0.15) is 0 Å². The second-order valence-electron chi connectivity index (χ2n) is 11.7. The molecule has 8 heteroatoms. The minimum absolute atomic E-state index is 0.00749. The van der Waals surface area contributed by atoms with Gasteiger partial charge < -0.3 is 24.2 Å². The average Bonchev–Trinajstić information content (AvgIpc) is 3.37. The van der Waals surface area contributed by atoms with Gasteiger partial charge in [-0.15, -0.1) is 0 Å². The summed E-state index contributed by atoms with van der Waals surface area (Å²) in [7, 11) is 3.62. The van der Waals surface area contributed by atoms with E-state index in [-0.39, 0.29) is 31.0 Å². The van der Waals surface area contributed by atoms with Crippen molar-refractivity contribution in [2.45, 2.75) is 76.2 Å². The third-order valence-corrected chi connectivity index (χ3v) is 9.26. The van der Waals surface area contributed by atoms with E-state index in [2.05, 4.69) is 34.9 Å². The Labute approximate surface area is 219 Å². The van der Waals surface area contributed by atoms with Crippen LogP contribution in [0.2, 0.25) is 0 Å². The van der Waals surface area contributed by atoms with Gasteiger partial charge in [0.1, 0.15) is 18.5 Å². The van der Waals surface area contributed by atoms with Crippen molar-refractivity contribution in [3.8, 4) is 5.75 Å². The number of methoxy groups -OCH3 is 1. The second-order valence-corrected chi connectivity index (χ2v) is 11.7. The molecule has 1 saturated heterocycles. The van der Waals surface area contributed by atoms with E-state index < -0.39 is 34.5 Å². The molecule has 1 spiro atoms. The van der Waals surface area contributed by atoms with Crippen molar-refractivity contribution in [1.82, 2.24) is 4.90 Å². The van der Waals surface area contributed by atoms with Crippen molar-refractivity contribution >= 4 is 17.6 Å². The Hall–Kier alpha value is -2.58. The number of ether oxygens (including phenoxy) is 3. The molecule has 0 amide bonds. The number of aliphatic hydroxyl groups is 1. The van der Waals surface area contributed by atoms with Crippen LogP contribution in [0.1, 0.15) is 52.5 Å². The molecule has 2 fully saturated rings. The molecule has 4 aliphatic rings. The summed E-state index contributed by atoms with van der Waals surface area (Å²) in [5.74, 6) is 0.0506. The highest BCUT2D eigenvalue weighted by Crippen LogP contribution is 2.67. The number of carbonyl (C=O) groups excluding carboxylic acids is 2. The van der Waals surface area contributed by atoms with Gasteiger partial charge in [0.05, 0.1) is 13.2 Å². The number of carbonyl (C=O) groups is 2. The van der Waals surface area contributed by atoms with E-state index in [0.29, 0.717) is 6.42 Å². The molecule has 202 valence electrons. The van der Waals surface area contributed by atoms with Gasteiger partial charge in [0.15, 0.2) is 5.60 Å². The molecule has 3 heterocycles. The first-order chi connectivity index (χ1) is 17.5. The van der Waals surface area contributed by atoms with Crippen LogP contribution in [-0.2, 0) is 24.5 Å². The number of likely N-dealkylation sites (N-methyl/N-ethyl adjacent to an activating group) is 1. The van der Waals surface area contributed by atoms with Gasteiger partial charge in [-0.1, -0.05) is 39.0 Å². The predicted molar refractivity (Wildman–Crippen MR) is 140 cm³/mol. The van der Waals surface area contributed by atoms with Crippen LogP contribution in [-0.4, -0.2) is 79.6 Å². The molecule has 1 saturated carbocycles. The minimum atomic E-state index is -1.65. The summed E-state index contributed by atoms with van der Waals surface area (Å²) in [6.07, 6.45) is 5.15. The minimum Gasteiger partial charge on any atom is -0.497 e. The quantitative estimate of drug-likeness (QED) is 0.441. The summed E-state index contributed by atoms with van der Waals surface area (Å²) in [4.78, 5) is 29.9. The third kappa shape index (κ3) is 3.55. The number of esters is 2. The van der Waals surface area contributed by atoms with Gasteiger partial charge in [-0.3, -0.25) is 14.5 Å². The number of hydrogen-bond donors (Lipinski definition) is 1. The van der Waals surface area contributed by atoms with Crippen LogP contribution in [0.3, 0.4) is 0 Å². The number of benzene rings is 1. The molecule has 0 aromatic heterocycles. The van der Waals surface area contributed by atoms with Crippen molar-refractivity contribution in [2.75, 3.05) is 38.8 Å². The lowest BCUT2D eigenvalue weighted by Crippen LogP contribution is -2.80. The maximum Gasteiger partial charge on any atom is 0.306 e. The van der Waals surface area contributed by atoms with Gasteiger partial charge in [-0.25, -0.2) is 0 Å². The Morgan fingerprint density at radius 1 is 1.24 bits per heavy atom. The first-order valence-corrected chi connectivity index (χ1v) is 13.4. The molecule has 37 heavy (non-hydrogen) atoms. The van der Waals surface area contributed by atoms with E-state index in [9.17, 15) is 14.7 Å². The van der Waals surface area contributed by atoms with E-state index in [1.165, 1.54) is 6.92 Å². The van der Waals surface area contributed by atoms with Crippen molar-refractivity contribution in [1.29, 1.82) is 0 Å². The van der Waals surface area contributed by atoms with E-state index in [0.717, 1.165) is 36.5 Å². The Kier molecular flexibility index (Phi) is 6.35. The maximum atomic E-state index is 12.9. The zero-order valence-electron chi connectivity index (χ0n) is 22.8. The summed E-state index contributed by atoms with van der Waals surface area (Å²) < 4.78 is 17.5. The van der Waals surface area contributed by atoms with E-state index in [4.69, 9.17) is 14.2 Å². The van der Waals surface area contributed by atoms with E-state index in [1.807, 2.05) is 33.0 Å². The number of fused-ring (bicyclic) bond motifs is 1. The fourth-order valence-electron chi connectivity index (χ4n) is 8.20. The van der Waals surface area contributed by atoms with Gasteiger partial charge >= 0.3 is 11.9 Å². The molecule has 1 aromatic rings. The second kappa shape index (κ2) is 9.02. The van der Waals surface area contributed by atoms with Crippen LogP contribution < -0.4 is 9.64 Å². The zero-order valence-corrected chi connectivity index (χ0v) is 22.8. The standard InChI is InChI=1S/C29H40N2O6/c1-7-27-11-8-13-31-14-12-28(24(27)31)21-10-9-20(35-6)16-22(21)30(5)25(28)29(34,26(27)37-19(4)32)17-36-23(33)15-18(2)3/h8-11,16,18,24-26,34H,7,12-15,17H2,1-6H3/t24?,25-,26-,27-,28-,29?/m1/s1. The highest BCUT2D eigenvalue weighted by molar-refractivity contribution is 5.72. The molecular formula is C29H40N2O6. The van der Waals surface area contributed by atoms with Gasteiger partial charge in [0.2, 0.25) is 0 Å². The summed E-state index contributed by atoms with van der Waals surface area (Å²) in [5.41, 5.74) is -0.606. The molecule has 8 nitrogen and oxygen atoms in total. The Balaban J connectivity index is 1.73. The van der Waals surface area contributed by atoms with Crippen LogP contribution in [0, 0.1) is 11.3 Å².